The molecule has 1 aliphatic rings. The van der Waals surface area contributed by atoms with E-state index in [9.17, 15) is 9.59 Å². The molecule has 9 heteroatoms. The molecule has 0 spiro atoms. The molecule has 2 heterocycles. The van der Waals surface area contributed by atoms with Crippen LogP contribution in [0.5, 0.6) is 0 Å². The van der Waals surface area contributed by atoms with Gasteiger partial charge in [0.05, 0.1) is 12.1 Å². The van der Waals surface area contributed by atoms with E-state index in [1.54, 1.807) is 0 Å². The lowest BCUT2D eigenvalue weighted by Crippen LogP contribution is -2.24. The summed E-state index contributed by atoms with van der Waals surface area (Å²) in [6, 6.07) is 11.6. The third-order valence-electron chi connectivity index (χ3n) is 6.88. The van der Waals surface area contributed by atoms with Gasteiger partial charge in [0.2, 0.25) is 5.91 Å². The highest BCUT2D eigenvalue weighted by Gasteiger charge is 2.22. The summed E-state index contributed by atoms with van der Waals surface area (Å²) in [5, 5.41) is 9.00. The highest BCUT2D eigenvalue weighted by molar-refractivity contribution is 6.31. The Balaban J connectivity index is 1.46. The van der Waals surface area contributed by atoms with Crippen molar-refractivity contribution in [2.24, 2.45) is 5.73 Å². The van der Waals surface area contributed by atoms with Crippen LogP contribution in [0.25, 0.3) is 21.8 Å². The van der Waals surface area contributed by atoms with E-state index in [0.717, 1.165) is 70.0 Å². The van der Waals surface area contributed by atoms with Gasteiger partial charge in [-0.05, 0) is 79.1 Å². The summed E-state index contributed by atoms with van der Waals surface area (Å²) in [6.07, 6.45) is 5.26. The standard InChI is InChI=1S/C28H30ClN5O3/c1-16(35)31-11-10-18-14-32-23-8-6-17(12-21(18)23)26(37-28(30)36)15-33-27-20-4-2-3-5-24(20)34-25-9-7-19(29)13-22(25)27/h6-9,12-14,26,32H,2-5,10-11,15H2,1H3,(H2,30,36)(H,31,35)(H,33,34). The van der Waals surface area contributed by atoms with E-state index in [1.165, 1.54) is 12.5 Å². The molecule has 2 amide bonds. The highest BCUT2D eigenvalue weighted by Crippen LogP contribution is 2.35. The number of carbonyl (C=O) groups excluding carboxylic acids is 2. The van der Waals surface area contributed by atoms with Gasteiger partial charge in [-0.2, -0.15) is 0 Å². The molecule has 0 saturated heterocycles. The first-order valence-electron chi connectivity index (χ1n) is 12.5. The van der Waals surface area contributed by atoms with Gasteiger partial charge in [-0.15, -0.1) is 0 Å². The zero-order chi connectivity index (χ0) is 25.9. The topological polar surface area (TPSA) is 122 Å². The fraction of sp³-hybridized carbons (Fsp3) is 0.321. The number of halogens is 1. The number of benzene rings is 2. The number of carbonyl (C=O) groups is 2. The molecule has 0 aliphatic heterocycles. The van der Waals surface area contributed by atoms with Gasteiger partial charge in [0.25, 0.3) is 0 Å². The second-order valence-electron chi connectivity index (χ2n) is 9.44. The molecular formula is C28H30ClN5O3. The minimum Gasteiger partial charge on any atom is -0.440 e. The van der Waals surface area contributed by atoms with Crippen molar-refractivity contribution in [1.82, 2.24) is 15.3 Å². The summed E-state index contributed by atoms with van der Waals surface area (Å²) in [5.74, 6) is -0.0614. The molecule has 5 N–H and O–H groups in total. The smallest absolute Gasteiger partial charge is 0.405 e. The lowest BCUT2D eigenvalue weighted by atomic mass is 9.92. The Bertz CT molecular complexity index is 1480. The molecule has 5 rings (SSSR count). The quantitative estimate of drug-likeness (QED) is 0.255. The van der Waals surface area contributed by atoms with Crippen LogP contribution in [0, 0.1) is 0 Å². The molecule has 0 fully saturated rings. The summed E-state index contributed by atoms with van der Waals surface area (Å²) in [7, 11) is 0. The number of aromatic nitrogens is 2. The Morgan fingerprint density at radius 3 is 2.81 bits per heavy atom. The van der Waals surface area contributed by atoms with Gasteiger partial charge in [0.15, 0.2) is 0 Å². The van der Waals surface area contributed by atoms with Crippen molar-refractivity contribution < 1.29 is 14.3 Å². The van der Waals surface area contributed by atoms with Crippen molar-refractivity contribution in [3.63, 3.8) is 0 Å². The third-order valence-corrected chi connectivity index (χ3v) is 7.11. The van der Waals surface area contributed by atoms with Crippen molar-refractivity contribution in [3.05, 3.63) is 70.0 Å². The third kappa shape index (κ3) is 5.49. The van der Waals surface area contributed by atoms with E-state index < -0.39 is 12.2 Å². The number of aryl methyl sites for hydroxylation is 1. The van der Waals surface area contributed by atoms with Crippen LogP contribution in [-0.4, -0.2) is 35.1 Å². The maximum atomic E-state index is 11.9. The van der Waals surface area contributed by atoms with Crippen LogP contribution in [0.2, 0.25) is 5.02 Å². The van der Waals surface area contributed by atoms with Crippen molar-refractivity contribution in [2.75, 3.05) is 18.4 Å². The van der Waals surface area contributed by atoms with Crippen molar-refractivity contribution in [1.29, 1.82) is 0 Å². The lowest BCUT2D eigenvalue weighted by molar-refractivity contribution is -0.118. The number of rotatable bonds is 8. The van der Waals surface area contributed by atoms with Crippen molar-refractivity contribution >= 4 is 51.1 Å². The maximum Gasteiger partial charge on any atom is 0.405 e. The van der Waals surface area contributed by atoms with Crippen LogP contribution in [0.1, 0.15) is 48.3 Å². The number of anilines is 1. The number of aromatic amines is 1. The number of amides is 2. The predicted molar refractivity (Wildman–Crippen MR) is 146 cm³/mol. The molecule has 1 atom stereocenters. The van der Waals surface area contributed by atoms with Crippen LogP contribution in [0.15, 0.2) is 42.6 Å². The van der Waals surface area contributed by atoms with Crippen LogP contribution in [0.3, 0.4) is 0 Å². The maximum absolute atomic E-state index is 11.9. The Morgan fingerprint density at radius 1 is 1.16 bits per heavy atom. The number of nitrogens with one attached hydrogen (secondary N) is 3. The zero-order valence-electron chi connectivity index (χ0n) is 20.7. The highest BCUT2D eigenvalue weighted by atomic mass is 35.5. The zero-order valence-corrected chi connectivity index (χ0v) is 21.5. The number of hydrogen-bond donors (Lipinski definition) is 4. The van der Waals surface area contributed by atoms with Gasteiger partial charge >= 0.3 is 6.09 Å². The molecule has 1 aliphatic carbocycles. The first-order valence-corrected chi connectivity index (χ1v) is 12.9. The average Bonchev–Trinajstić information content (AvgIpc) is 3.27. The van der Waals surface area contributed by atoms with Crippen LogP contribution in [0.4, 0.5) is 10.5 Å². The van der Waals surface area contributed by atoms with E-state index in [-0.39, 0.29) is 5.91 Å². The molecule has 0 saturated carbocycles. The number of nitrogens with zero attached hydrogens (tertiary/aromatic N) is 1. The molecule has 0 radical (unpaired) electrons. The summed E-state index contributed by atoms with van der Waals surface area (Å²) in [5.41, 5.74) is 12.5. The molecule has 1 unspecified atom stereocenters. The fourth-order valence-electron chi connectivity index (χ4n) is 5.14. The largest absolute Gasteiger partial charge is 0.440 e. The molecule has 192 valence electrons. The second-order valence-corrected chi connectivity index (χ2v) is 9.88. The van der Waals surface area contributed by atoms with Gasteiger partial charge in [0.1, 0.15) is 6.10 Å². The first kappa shape index (κ1) is 24.9. The summed E-state index contributed by atoms with van der Waals surface area (Å²) >= 11 is 6.35. The van der Waals surface area contributed by atoms with Gasteiger partial charge in [-0.1, -0.05) is 17.7 Å². The van der Waals surface area contributed by atoms with Gasteiger partial charge in [0, 0.05) is 52.4 Å². The Hall–Kier alpha value is -3.78. The first-order chi connectivity index (χ1) is 17.9. The summed E-state index contributed by atoms with van der Waals surface area (Å²) in [4.78, 5) is 31.3. The Labute approximate surface area is 219 Å². The monoisotopic (exact) mass is 519 g/mol. The predicted octanol–water partition coefficient (Wildman–Crippen LogP) is 5.18. The van der Waals surface area contributed by atoms with E-state index in [4.69, 9.17) is 27.1 Å². The van der Waals surface area contributed by atoms with E-state index in [0.29, 0.717) is 24.5 Å². The normalized spacial score (nSPS) is 13.8. The van der Waals surface area contributed by atoms with Crippen LogP contribution < -0.4 is 16.4 Å². The number of nitrogens with two attached hydrogens (primary N) is 1. The number of hydrogen-bond acceptors (Lipinski definition) is 5. The second kappa shape index (κ2) is 10.7. The molecular weight excluding hydrogens is 490 g/mol. The molecule has 4 aromatic rings. The number of ether oxygens (including phenoxy) is 1. The number of primary amides is 1. The van der Waals surface area contributed by atoms with Crippen LogP contribution in [-0.2, 0) is 28.8 Å². The molecule has 37 heavy (non-hydrogen) atoms. The minimum atomic E-state index is -0.837. The van der Waals surface area contributed by atoms with E-state index in [1.807, 2.05) is 42.6 Å². The number of H-pyrrole nitrogens is 1. The molecule has 8 nitrogen and oxygen atoms in total. The molecule has 2 aromatic carbocycles. The van der Waals surface area contributed by atoms with E-state index in [2.05, 4.69) is 15.6 Å². The van der Waals surface area contributed by atoms with Gasteiger partial charge in [-0.3, -0.25) is 9.78 Å². The lowest BCUT2D eigenvalue weighted by Gasteiger charge is -2.24. The SMILES string of the molecule is CC(=O)NCCc1c[nH]c2ccc(C(CNc3c4c(nc5ccc(Cl)cc35)CCCC4)OC(N)=O)cc12. The van der Waals surface area contributed by atoms with Gasteiger partial charge in [-0.25, -0.2) is 4.79 Å². The Morgan fingerprint density at radius 2 is 2.00 bits per heavy atom. The number of pyridine rings is 1. The van der Waals surface area contributed by atoms with Crippen LogP contribution >= 0.6 is 11.6 Å². The summed E-state index contributed by atoms with van der Waals surface area (Å²) in [6.45, 7) is 2.37. The van der Waals surface area contributed by atoms with Crippen molar-refractivity contribution in [3.8, 4) is 0 Å². The van der Waals surface area contributed by atoms with Gasteiger partial charge < -0.3 is 26.1 Å². The molecule has 0 bridgehead atoms. The Kier molecular flexibility index (Phi) is 7.19. The van der Waals surface area contributed by atoms with Crippen molar-refractivity contribution in [2.45, 2.75) is 45.1 Å². The summed E-state index contributed by atoms with van der Waals surface area (Å²) < 4.78 is 5.58. The number of fused-ring (bicyclic) bond motifs is 3. The fourth-order valence-corrected chi connectivity index (χ4v) is 5.31. The minimum absolute atomic E-state index is 0.0614. The average molecular weight is 520 g/mol. The van der Waals surface area contributed by atoms with E-state index >= 15 is 0 Å². The molecule has 2 aromatic heterocycles.